The summed E-state index contributed by atoms with van der Waals surface area (Å²) >= 11 is 0. The molecule has 10 heteroatoms. The first-order chi connectivity index (χ1) is 16.8. The van der Waals surface area contributed by atoms with Gasteiger partial charge in [-0.05, 0) is 55.7 Å². The highest BCUT2D eigenvalue weighted by molar-refractivity contribution is 7.92. The zero-order valence-corrected chi connectivity index (χ0v) is 21.1. The molecular formula is C25H33N3O6S. The maximum atomic E-state index is 12.6. The summed E-state index contributed by atoms with van der Waals surface area (Å²) in [5.74, 6) is 0.302. The maximum Gasteiger partial charge on any atom is 0.254 e. The molecule has 190 valence electrons. The van der Waals surface area contributed by atoms with E-state index in [0.717, 1.165) is 28.3 Å². The number of carbonyl (C=O) groups excluding carboxylic acids is 2. The molecule has 2 amide bonds. The lowest BCUT2D eigenvalue weighted by atomic mass is 10.1. The van der Waals surface area contributed by atoms with E-state index in [1.165, 1.54) is 0 Å². The summed E-state index contributed by atoms with van der Waals surface area (Å²) in [6.45, 7) is 4.62. The standard InChI is InChI=1S/C25H33N3O6S/c1-3-34-23-9-5-4-7-20(23)8-6-14-26-24(29)19-28(35(2,31)32)22-12-10-21(11-13-22)25(30)27-15-17-33-18-16-27/h4-5,7,9-13H,3,6,8,14-19H2,1-2H3,(H,26,29). The number of amides is 2. The van der Waals surface area contributed by atoms with Crippen molar-refractivity contribution in [2.45, 2.75) is 19.8 Å². The average Bonchev–Trinajstić information content (AvgIpc) is 2.86. The van der Waals surface area contributed by atoms with Crippen molar-refractivity contribution in [2.75, 3.05) is 56.6 Å². The van der Waals surface area contributed by atoms with Crippen molar-refractivity contribution >= 4 is 27.5 Å². The molecule has 0 atom stereocenters. The molecule has 1 N–H and O–H groups in total. The highest BCUT2D eigenvalue weighted by Crippen LogP contribution is 2.20. The number of para-hydroxylation sites is 1. The third kappa shape index (κ3) is 7.69. The van der Waals surface area contributed by atoms with E-state index in [2.05, 4.69) is 5.32 Å². The van der Waals surface area contributed by atoms with E-state index in [-0.39, 0.29) is 12.5 Å². The quantitative estimate of drug-likeness (QED) is 0.471. The number of sulfonamides is 1. The number of benzene rings is 2. The van der Waals surface area contributed by atoms with Crippen molar-refractivity contribution in [3.05, 3.63) is 59.7 Å². The van der Waals surface area contributed by atoms with E-state index in [9.17, 15) is 18.0 Å². The van der Waals surface area contributed by atoms with Crippen molar-refractivity contribution in [1.29, 1.82) is 0 Å². The summed E-state index contributed by atoms with van der Waals surface area (Å²) in [7, 11) is -3.71. The molecular weight excluding hydrogens is 470 g/mol. The normalized spacial score (nSPS) is 13.8. The number of hydrogen-bond acceptors (Lipinski definition) is 6. The van der Waals surface area contributed by atoms with E-state index < -0.39 is 15.9 Å². The van der Waals surface area contributed by atoms with Crippen LogP contribution in [0, 0.1) is 0 Å². The smallest absolute Gasteiger partial charge is 0.254 e. The fraction of sp³-hybridized carbons (Fsp3) is 0.440. The van der Waals surface area contributed by atoms with E-state index in [1.54, 1.807) is 29.2 Å². The van der Waals surface area contributed by atoms with E-state index >= 15 is 0 Å². The van der Waals surface area contributed by atoms with E-state index in [1.807, 2.05) is 31.2 Å². The minimum atomic E-state index is -3.71. The second-order valence-electron chi connectivity index (χ2n) is 8.22. The Balaban J connectivity index is 1.56. The molecule has 1 heterocycles. The van der Waals surface area contributed by atoms with Crippen LogP contribution in [0.3, 0.4) is 0 Å². The predicted molar refractivity (Wildman–Crippen MR) is 134 cm³/mol. The van der Waals surface area contributed by atoms with E-state index in [0.29, 0.717) is 57.1 Å². The molecule has 3 rings (SSSR count). The molecule has 1 aliphatic rings. The van der Waals surface area contributed by atoms with Crippen LogP contribution >= 0.6 is 0 Å². The first-order valence-corrected chi connectivity index (χ1v) is 13.6. The van der Waals surface area contributed by atoms with Gasteiger partial charge in [0.2, 0.25) is 15.9 Å². The number of nitrogens with one attached hydrogen (secondary N) is 1. The monoisotopic (exact) mass is 503 g/mol. The third-order valence-electron chi connectivity index (χ3n) is 5.61. The Morgan fingerprint density at radius 3 is 2.43 bits per heavy atom. The van der Waals surface area contributed by atoms with Crippen molar-refractivity contribution < 1.29 is 27.5 Å². The fourth-order valence-electron chi connectivity index (χ4n) is 3.82. The summed E-state index contributed by atoms with van der Waals surface area (Å²) in [6, 6.07) is 14.0. The molecule has 0 saturated carbocycles. The molecule has 0 aliphatic carbocycles. The van der Waals surface area contributed by atoms with Gasteiger partial charge in [0.1, 0.15) is 12.3 Å². The van der Waals surface area contributed by atoms with Gasteiger partial charge in [-0.1, -0.05) is 18.2 Å². The lowest BCUT2D eigenvalue weighted by Gasteiger charge is -2.27. The molecule has 1 fully saturated rings. The van der Waals surface area contributed by atoms with Gasteiger partial charge in [0.05, 0.1) is 31.8 Å². The van der Waals surface area contributed by atoms with Gasteiger partial charge in [-0.2, -0.15) is 0 Å². The molecule has 0 aromatic heterocycles. The van der Waals surface area contributed by atoms with Gasteiger partial charge in [-0.3, -0.25) is 13.9 Å². The van der Waals surface area contributed by atoms with Crippen LogP contribution in [-0.2, 0) is 26.0 Å². The third-order valence-corrected chi connectivity index (χ3v) is 6.75. The number of morpholine rings is 1. The average molecular weight is 504 g/mol. The van der Waals surface area contributed by atoms with Gasteiger partial charge in [0.15, 0.2) is 0 Å². The summed E-state index contributed by atoms with van der Waals surface area (Å²) in [5, 5.41) is 2.79. The Hall–Kier alpha value is -3.11. The molecule has 9 nitrogen and oxygen atoms in total. The van der Waals surface area contributed by atoms with Crippen molar-refractivity contribution in [3.63, 3.8) is 0 Å². The summed E-state index contributed by atoms with van der Waals surface area (Å²) < 4.78 is 36.7. The van der Waals surface area contributed by atoms with Crippen LogP contribution in [0.4, 0.5) is 5.69 Å². The molecule has 0 spiro atoms. The van der Waals surface area contributed by atoms with Gasteiger partial charge in [-0.15, -0.1) is 0 Å². The van der Waals surface area contributed by atoms with Crippen molar-refractivity contribution in [2.24, 2.45) is 0 Å². The maximum absolute atomic E-state index is 12.6. The second-order valence-corrected chi connectivity index (χ2v) is 10.1. The van der Waals surface area contributed by atoms with E-state index in [4.69, 9.17) is 9.47 Å². The number of nitrogens with zero attached hydrogens (tertiary/aromatic N) is 2. The van der Waals surface area contributed by atoms with Crippen molar-refractivity contribution in [3.8, 4) is 5.75 Å². The first-order valence-electron chi connectivity index (χ1n) is 11.7. The summed E-state index contributed by atoms with van der Waals surface area (Å²) in [4.78, 5) is 26.9. The summed E-state index contributed by atoms with van der Waals surface area (Å²) in [6.07, 6.45) is 2.47. The molecule has 1 saturated heterocycles. The van der Waals surface area contributed by atoms with Crippen LogP contribution in [0.25, 0.3) is 0 Å². The summed E-state index contributed by atoms with van der Waals surface area (Å²) in [5.41, 5.74) is 1.85. The fourth-order valence-corrected chi connectivity index (χ4v) is 4.68. The molecule has 35 heavy (non-hydrogen) atoms. The zero-order chi connectivity index (χ0) is 25.3. The Kier molecular flexibility index (Phi) is 9.50. The van der Waals surface area contributed by atoms with Gasteiger partial charge >= 0.3 is 0 Å². The number of carbonyl (C=O) groups is 2. The number of hydrogen-bond donors (Lipinski definition) is 1. The topological polar surface area (TPSA) is 105 Å². The number of aryl methyl sites for hydroxylation is 1. The second kappa shape index (κ2) is 12.6. The molecule has 2 aromatic carbocycles. The molecule has 0 bridgehead atoms. The lowest BCUT2D eigenvalue weighted by Crippen LogP contribution is -2.41. The van der Waals surface area contributed by atoms with Crippen LogP contribution < -0.4 is 14.4 Å². The SMILES string of the molecule is CCOc1ccccc1CCCNC(=O)CN(c1ccc(C(=O)N2CCOCC2)cc1)S(C)(=O)=O. The lowest BCUT2D eigenvalue weighted by molar-refractivity contribution is -0.119. The molecule has 0 unspecified atom stereocenters. The Morgan fingerprint density at radius 1 is 1.09 bits per heavy atom. The Labute approximate surface area is 207 Å². The highest BCUT2D eigenvalue weighted by atomic mass is 32.2. The minimum absolute atomic E-state index is 0.130. The van der Waals surface area contributed by atoms with Gasteiger partial charge in [-0.25, -0.2) is 8.42 Å². The van der Waals surface area contributed by atoms with Gasteiger partial charge in [0, 0.05) is 25.2 Å². The number of rotatable bonds is 11. The van der Waals surface area contributed by atoms with Crippen LogP contribution in [0.2, 0.25) is 0 Å². The predicted octanol–water partition coefficient (Wildman–Crippen LogP) is 2.07. The molecule has 2 aromatic rings. The number of ether oxygens (including phenoxy) is 2. The van der Waals surface area contributed by atoms with Crippen molar-refractivity contribution in [1.82, 2.24) is 10.2 Å². The Morgan fingerprint density at radius 2 is 1.77 bits per heavy atom. The van der Waals surface area contributed by atoms with Crippen LogP contribution in [0.1, 0.15) is 29.3 Å². The van der Waals surface area contributed by atoms with Gasteiger partial charge in [0.25, 0.3) is 5.91 Å². The van der Waals surface area contributed by atoms with Crippen LogP contribution in [0.5, 0.6) is 5.75 Å². The highest BCUT2D eigenvalue weighted by Gasteiger charge is 2.22. The Bertz CT molecular complexity index is 1100. The number of anilines is 1. The zero-order valence-electron chi connectivity index (χ0n) is 20.2. The van der Waals surface area contributed by atoms with Crippen LogP contribution in [0.15, 0.2) is 48.5 Å². The minimum Gasteiger partial charge on any atom is -0.494 e. The molecule has 0 radical (unpaired) electrons. The molecule has 1 aliphatic heterocycles. The van der Waals surface area contributed by atoms with Crippen LogP contribution in [-0.4, -0.2) is 77.4 Å². The largest absolute Gasteiger partial charge is 0.494 e. The van der Waals surface area contributed by atoms with Gasteiger partial charge < -0.3 is 19.7 Å². The first kappa shape index (κ1) is 26.5.